The predicted molar refractivity (Wildman–Crippen MR) is 85.7 cm³/mol. The van der Waals surface area contributed by atoms with E-state index >= 15 is 0 Å². The van der Waals surface area contributed by atoms with E-state index < -0.39 is 0 Å². The molecule has 0 spiro atoms. The summed E-state index contributed by atoms with van der Waals surface area (Å²) in [5.41, 5.74) is 3.72. The molecule has 1 aromatic heterocycles. The Balaban J connectivity index is 1.65. The molecule has 0 bridgehead atoms. The molecule has 20 heavy (non-hydrogen) atoms. The molecule has 0 saturated carbocycles. The summed E-state index contributed by atoms with van der Waals surface area (Å²) < 4.78 is 0. The number of rotatable bonds is 3. The number of thiazole rings is 1. The van der Waals surface area contributed by atoms with Crippen LogP contribution in [0.4, 0.5) is 0 Å². The van der Waals surface area contributed by atoms with Crippen LogP contribution in [0.2, 0.25) is 5.02 Å². The van der Waals surface area contributed by atoms with E-state index in [4.69, 9.17) is 11.6 Å². The maximum absolute atomic E-state index is 6.33. The number of aromatic nitrogens is 1. The van der Waals surface area contributed by atoms with Crippen LogP contribution in [-0.2, 0) is 6.54 Å². The van der Waals surface area contributed by atoms with E-state index in [1.54, 1.807) is 11.3 Å². The summed E-state index contributed by atoms with van der Waals surface area (Å²) in [6.45, 7) is 7.32. The molecule has 106 valence electrons. The molecule has 1 atom stereocenters. The van der Waals surface area contributed by atoms with Crippen molar-refractivity contribution in [2.75, 3.05) is 13.1 Å². The minimum atomic E-state index is 0.587. The van der Waals surface area contributed by atoms with Gasteiger partial charge in [-0.1, -0.05) is 23.7 Å². The second-order valence-corrected chi connectivity index (χ2v) is 7.08. The van der Waals surface area contributed by atoms with E-state index in [1.807, 2.05) is 6.07 Å². The fourth-order valence-corrected chi connectivity index (χ4v) is 3.80. The second kappa shape index (κ2) is 5.84. The van der Waals surface area contributed by atoms with Crippen LogP contribution in [0.5, 0.6) is 0 Å². The largest absolute Gasteiger partial charge is 0.298 e. The second-order valence-electron chi connectivity index (χ2n) is 5.61. The lowest BCUT2D eigenvalue weighted by atomic mass is 10.1. The van der Waals surface area contributed by atoms with Crippen LogP contribution in [0.3, 0.4) is 0 Å². The van der Waals surface area contributed by atoms with Gasteiger partial charge in [-0.25, -0.2) is 4.98 Å². The van der Waals surface area contributed by atoms with Crippen molar-refractivity contribution in [1.29, 1.82) is 0 Å². The molecule has 1 aliphatic rings. The normalized spacial score (nSPS) is 19.6. The third-order valence-corrected chi connectivity index (χ3v) is 5.07. The first-order valence-corrected chi connectivity index (χ1v) is 8.27. The molecule has 0 aliphatic carbocycles. The van der Waals surface area contributed by atoms with Gasteiger partial charge in [0.1, 0.15) is 0 Å². The average Bonchev–Trinajstić information content (AvgIpc) is 3.02. The average molecular weight is 307 g/mol. The van der Waals surface area contributed by atoms with Crippen molar-refractivity contribution in [3.63, 3.8) is 0 Å². The van der Waals surface area contributed by atoms with Gasteiger partial charge in [-0.3, -0.25) is 4.90 Å². The standard InChI is InChI=1S/C16H19ClN2S/c1-11-3-4-13(15(17)7-11)8-19-6-5-14(9-19)16-10-20-12(2)18-16/h3-4,7,10,14H,5-6,8-9H2,1-2H3. The number of aryl methyl sites for hydroxylation is 2. The molecule has 2 heterocycles. The first-order chi connectivity index (χ1) is 9.61. The molecule has 1 aromatic carbocycles. The van der Waals surface area contributed by atoms with Crippen LogP contribution < -0.4 is 0 Å². The maximum Gasteiger partial charge on any atom is 0.0897 e. The highest BCUT2D eigenvalue weighted by molar-refractivity contribution is 7.09. The van der Waals surface area contributed by atoms with E-state index in [0.29, 0.717) is 5.92 Å². The van der Waals surface area contributed by atoms with Gasteiger partial charge in [0.25, 0.3) is 0 Å². The molecule has 1 saturated heterocycles. The zero-order valence-electron chi connectivity index (χ0n) is 11.9. The number of hydrogen-bond acceptors (Lipinski definition) is 3. The predicted octanol–water partition coefficient (Wildman–Crippen LogP) is 4.40. The van der Waals surface area contributed by atoms with Crippen LogP contribution in [0.1, 0.15) is 34.2 Å². The van der Waals surface area contributed by atoms with Gasteiger partial charge in [0.05, 0.1) is 10.7 Å². The van der Waals surface area contributed by atoms with Gasteiger partial charge >= 0.3 is 0 Å². The van der Waals surface area contributed by atoms with Crippen molar-refractivity contribution in [3.8, 4) is 0 Å². The van der Waals surface area contributed by atoms with Gasteiger partial charge in [-0.15, -0.1) is 11.3 Å². The Morgan fingerprint density at radius 2 is 2.25 bits per heavy atom. The summed E-state index contributed by atoms with van der Waals surface area (Å²) >= 11 is 8.08. The summed E-state index contributed by atoms with van der Waals surface area (Å²) in [4.78, 5) is 7.11. The molecule has 2 nitrogen and oxygen atoms in total. The van der Waals surface area contributed by atoms with E-state index in [1.165, 1.54) is 28.2 Å². The summed E-state index contributed by atoms with van der Waals surface area (Å²) in [6, 6.07) is 6.34. The third-order valence-electron chi connectivity index (χ3n) is 3.93. The van der Waals surface area contributed by atoms with Gasteiger partial charge in [-0.05, 0) is 44.0 Å². The first kappa shape index (κ1) is 14.1. The molecule has 1 unspecified atom stereocenters. The molecule has 4 heteroatoms. The van der Waals surface area contributed by atoms with E-state index in [9.17, 15) is 0 Å². The molecule has 0 amide bonds. The monoisotopic (exact) mass is 306 g/mol. The highest BCUT2D eigenvalue weighted by atomic mass is 35.5. The highest BCUT2D eigenvalue weighted by Crippen LogP contribution is 2.30. The van der Waals surface area contributed by atoms with Crippen LogP contribution in [0, 0.1) is 13.8 Å². The van der Waals surface area contributed by atoms with Crippen LogP contribution in [0.25, 0.3) is 0 Å². The minimum absolute atomic E-state index is 0.587. The fraction of sp³-hybridized carbons (Fsp3) is 0.438. The topological polar surface area (TPSA) is 16.1 Å². The molecule has 0 radical (unpaired) electrons. The molecule has 0 N–H and O–H groups in total. The molecule has 1 aliphatic heterocycles. The van der Waals surface area contributed by atoms with Crippen molar-refractivity contribution < 1.29 is 0 Å². The van der Waals surface area contributed by atoms with Crippen molar-refractivity contribution in [1.82, 2.24) is 9.88 Å². The lowest BCUT2D eigenvalue weighted by Crippen LogP contribution is -2.20. The zero-order chi connectivity index (χ0) is 14.1. The Morgan fingerprint density at radius 1 is 1.40 bits per heavy atom. The third kappa shape index (κ3) is 3.05. The number of halogens is 1. The Hall–Kier alpha value is -0.900. The van der Waals surface area contributed by atoms with E-state index in [2.05, 4.69) is 41.2 Å². The molecular weight excluding hydrogens is 288 g/mol. The summed E-state index contributed by atoms with van der Waals surface area (Å²) in [5, 5.41) is 4.26. The van der Waals surface area contributed by atoms with Crippen molar-refractivity contribution in [2.45, 2.75) is 32.7 Å². The van der Waals surface area contributed by atoms with Crippen molar-refractivity contribution in [3.05, 3.63) is 50.4 Å². The number of nitrogens with zero attached hydrogens (tertiary/aromatic N) is 2. The molecule has 3 rings (SSSR count). The van der Waals surface area contributed by atoms with Gasteiger partial charge < -0.3 is 0 Å². The minimum Gasteiger partial charge on any atom is -0.298 e. The lowest BCUT2D eigenvalue weighted by molar-refractivity contribution is 0.326. The Morgan fingerprint density at radius 3 is 2.95 bits per heavy atom. The zero-order valence-corrected chi connectivity index (χ0v) is 13.5. The van der Waals surface area contributed by atoms with Crippen LogP contribution in [0.15, 0.2) is 23.6 Å². The van der Waals surface area contributed by atoms with Gasteiger partial charge in [0, 0.05) is 29.4 Å². The Bertz CT molecular complexity index is 608. The Kier molecular flexibility index (Phi) is 4.11. The molecule has 2 aromatic rings. The molecular formula is C16H19ClN2S. The summed E-state index contributed by atoms with van der Waals surface area (Å²) in [7, 11) is 0. The van der Waals surface area contributed by atoms with Crippen LogP contribution in [-0.4, -0.2) is 23.0 Å². The summed E-state index contributed by atoms with van der Waals surface area (Å²) in [6.07, 6.45) is 1.20. The van der Waals surface area contributed by atoms with E-state index in [-0.39, 0.29) is 0 Å². The Labute approximate surface area is 129 Å². The number of benzene rings is 1. The molecule has 1 fully saturated rings. The SMILES string of the molecule is Cc1ccc(CN2CCC(c3csc(C)n3)C2)c(Cl)c1. The quantitative estimate of drug-likeness (QED) is 0.835. The van der Waals surface area contributed by atoms with Crippen molar-refractivity contribution >= 4 is 22.9 Å². The highest BCUT2D eigenvalue weighted by Gasteiger charge is 2.25. The maximum atomic E-state index is 6.33. The van der Waals surface area contributed by atoms with Crippen molar-refractivity contribution in [2.24, 2.45) is 0 Å². The number of likely N-dealkylation sites (tertiary alicyclic amines) is 1. The van der Waals surface area contributed by atoms with Gasteiger partial charge in [-0.2, -0.15) is 0 Å². The smallest absolute Gasteiger partial charge is 0.0897 e. The summed E-state index contributed by atoms with van der Waals surface area (Å²) in [5.74, 6) is 0.587. The first-order valence-electron chi connectivity index (χ1n) is 7.01. The van der Waals surface area contributed by atoms with Crippen LogP contribution >= 0.6 is 22.9 Å². The number of hydrogen-bond donors (Lipinski definition) is 0. The lowest BCUT2D eigenvalue weighted by Gasteiger charge is -2.16. The van der Waals surface area contributed by atoms with E-state index in [0.717, 1.165) is 24.7 Å². The van der Waals surface area contributed by atoms with Gasteiger partial charge in [0.15, 0.2) is 0 Å². The van der Waals surface area contributed by atoms with Gasteiger partial charge in [0.2, 0.25) is 0 Å². The fourth-order valence-electron chi connectivity index (χ4n) is 2.81.